The van der Waals surface area contributed by atoms with E-state index < -0.39 is 11.8 Å². The van der Waals surface area contributed by atoms with Crippen LogP contribution in [0.5, 0.6) is 5.75 Å². The number of rotatable bonds is 6. The fourth-order valence-corrected chi connectivity index (χ4v) is 1.82. The van der Waals surface area contributed by atoms with Gasteiger partial charge < -0.3 is 9.47 Å². The minimum atomic E-state index is -0.461. The summed E-state index contributed by atoms with van der Waals surface area (Å²) < 4.78 is 11.2. The number of hydrogen-bond donors (Lipinski definition) is 2. The highest BCUT2D eigenvalue weighted by Gasteiger charge is 2.15. The van der Waals surface area contributed by atoms with Gasteiger partial charge in [0.25, 0.3) is 11.8 Å². The van der Waals surface area contributed by atoms with Crippen LogP contribution >= 0.6 is 15.9 Å². The van der Waals surface area contributed by atoms with Crippen molar-refractivity contribution in [1.29, 1.82) is 0 Å². The van der Waals surface area contributed by atoms with Crippen molar-refractivity contribution in [3.05, 3.63) is 28.2 Å². The molecule has 7 heteroatoms. The van der Waals surface area contributed by atoms with E-state index in [0.29, 0.717) is 17.9 Å². The van der Waals surface area contributed by atoms with Crippen LogP contribution in [-0.4, -0.2) is 31.1 Å². The van der Waals surface area contributed by atoms with E-state index in [-0.39, 0.29) is 12.7 Å². The monoisotopic (exact) mass is 358 g/mol. The molecule has 1 rings (SSSR count). The number of benzene rings is 1. The van der Waals surface area contributed by atoms with Crippen molar-refractivity contribution in [3.8, 4) is 5.75 Å². The summed E-state index contributed by atoms with van der Waals surface area (Å²) >= 11 is 3.30. The van der Waals surface area contributed by atoms with Crippen LogP contribution in [-0.2, 0) is 9.53 Å². The van der Waals surface area contributed by atoms with E-state index in [1.807, 2.05) is 13.8 Å². The average molecular weight is 359 g/mol. The fraction of sp³-hybridized carbons (Fsp3) is 0.429. The normalized spacial score (nSPS) is 10.3. The van der Waals surface area contributed by atoms with Crippen LogP contribution < -0.4 is 15.6 Å². The summed E-state index contributed by atoms with van der Waals surface area (Å²) in [5.74, 6) is -0.437. The van der Waals surface area contributed by atoms with Crippen LogP contribution in [0.4, 0.5) is 0 Å². The van der Waals surface area contributed by atoms with E-state index in [1.165, 1.54) is 0 Å². The zero-order chi connectivity index (χ0) is 15.8. The summed E-state index contributed by atoms with van der Waals surface area (Å²) in [5.41, 5.74) is 4.94. The third-order valence-electron chi connectivity index (χ3n) is 2.30. The largest absolute Gasteiger partial charge is 0.490 e. The van der Waals surface area contributed by atoms with Gasteiger partial charge in [0.15, 0.2) is 0 Å². The first-order chi connectivity index (χ1) is 9.93. The lowest BCUT2D eigenvalue weighted by Gasteiger charge is -2.15. The molecule has 0 saturated heterocycles. The third kappa shape index (κ3) is 6.14. The molecule has 0 aliphatic heterocycles. The number of hydrogen-bond acceptors (Lipinski definition) is 4. The van der Waals surface area contributed by atoms with Gasteiger partial charge in [0.1, 0.15) is 12.4 Å². The van der Waals surface area contributed by atoms with Crippen LogP contribution in [0.15, 0.2) is 22.7 Å². The highest BCUT2D eigenvalue weighted by atomic mass is 79.9. The van der Waals surface area contributed by atoms with Crippen molar-refractivity contribution >= 4 is 27.7 Å². The van der Waals surface area contributed by atoms with Crippen LogP contribution in [0.25, 0.3) is 0 Å². The number of halogens is 1. The third-order valence-corrected chi connectivity index (χ3v) is 2.79. The molecule has 0 heterocycles. The Kier molecular flexibility index (Phi) is 7.18. The topological polar surface area (TPSA) is 76.7 Å². The van der Waals surface area contributed by atoms with E-state index in [1.54, 1.807) is 25.1 Å². The van der Waals surface area contributed by atoms with Gasteiger partial charge in [-0.25, -0.2) is 0 Å². The average Bonchev–Trinajstić information content (AvgIpc) is 2.43. The second-order valence-electron chi connectivity index (χ2n) is 4.45. The molecular weight excluding hydrogens is 340 g/mol. The Hall–Kier alpha value is -1.60. The highest BCUT2D eigenvalue weighted by Crippen LogP contribution is 2.24. The summed E-state index contributed by atoms with van der Waals surface area (Å²) in [4.78, 5) is 23.5. The molecule has 2 N–H and O–H groups in total. The number of carbonyl (C=O) groups is 2. The summed E-state index contributed by atoms with van der Waals surface area (Å²) in [5, 5.41) is 0. The quantitative estimate of drug-likeness (QED) is 0.762. The Bertz CT molecular complexity index is 506. The number of carbonyl (C=O) groups excluding carboxylic acids is 2. The first kappa shape index (κ1) is 17.5. The lowest BCUT2D eigenvalue weighted by Crippen LogP contribution is -2.43. The van der Waals surface area contributed by atoms with Crippen LogP contribution in [0, 0.1) is 0 Å². The number of hydrazine groups is 1. The van der Waals surface area contributed by atoms with E-state index in [9.17, 15) is 9.59 Å². The van der Waals surface area contributed by atoms with Gasteiger partial charge in [-0.2, -0.15) is 0 Å². The number of ether oxygens (including phenoxy) is 2. The van der Waals surface area contributed by atoms with E-state index in [2.05, 4.69) is 26.8 Å². The minimum Gasteiger partial charge on any atom is -0.490 e. The van der Waals surface area contributed by atoms with Crippen LogP contribution in [0.1, 0.15) is 31.1 Å². The molecule has 0 saturated carbocycles. The van der Waals surface area contributed by atoms with Crippen LogP contribution in [0.2, 0.25) is 0 Å². The molecule has 116 valence electrons. The molecule has 0 bridgehead atoms. The molecule has 1 aromatic rings. The van der Waals surface area contributed by atoms with Gasteiger partial charge >= 0.3 is 0 Å². The van der Waals surface area contributed by atoms with Crippen molar-refractivity contribution in [2.45, 2.75) is 26.9 Å². The summed E-state index contributed by atoms with van der Waals surface area (Å²) in [7, 11) is 0. The standard InChI is InChI=1S/C14H19BrN2O4/c1-4-20-8-13(18)16-17-14(19)11-7-10(15)5-6-12(11)21-9(2)3/h5-7,9H,4,8H2,1-3H3,(H,16,18)(H,17,19). The number of amides is 2. The van der Waals surface area contributed by atoms with E-state index in [4.69, 9.17) is 9.47 Å². The maximum atomic E-state index is 12.1. The molecule has 0 aliphatic carbocycles. The Labute approximate surface area is 132 Å². The van der Waals surface area contributed by atoms with E-state index in [0.717, 1.165) is 4.47 Å². The molecule has 0 unspecified atom stereocenters. The summed E-state index contributed by atoms with van der Waals surface area (Å²) in [6, 6.07) is 5.10. The maximum Gasteiger partial charge on any atom is 0.273 e. The lowest BCUT2D eigenvalue weighted by atomic mass is 10.2. The van der Waals surface area contributed by atoms with Gasteiger partial charge in [-0.3, -0.25) is 20.4 Å². The Morgan fingerprint density at radius 1 is 1.29 bits per heavy atom. The van der Waals surface area contributed by atoms with Gasteiger partial charge in [0.2, 0.25) is 0 Å². The Morgan fingerprint density at radius 3 is 2.62 bits per heavy atom. The van der Waals surface area contributed by atoms with Gasteiger partial charge in [0, 0.05) is 11.1 Å². The van der Waals surface area contributed by atoms with Gasteiger partial charge in [-0.05, 0) is 39.0 Å². The molecule has 0 aliphatic rings. The van der Waals surface area contributed by atoms with Crippen LogP contribution in [0.3, 0.4) is 0 Å². The molecule has 6 nitrogen and oxygen atoms in total. The van der Waals surface area contributed by atoms with Crippen molar-refractivity contribution in [2.24, 2.45) is 0 Å². The van der Waals surface area contributed by atoms with Gasteiger partial charge in [-0.1, -0.05) is 15.9 Å². The molecule has 0 aromatic heterocycles. The maximum absolute atomic E-state index is 12.1. The van der Waals surface area contributed by atoms with Crippen molar-refractivity contribution < 1.29 is 19.1 Å². The molecule has 0 fully saturated rings. The van der Waals surface area contributed by atoms with Crippen molar-refractivity contribution in [2.75, 3.05) is 13.2 Å². The molecule has 0 spiro atoms. The first-order valence-corrected chi connectivity index (χ1v) is 7.36. The van der Waals surface area contributed by atoms with E-state index >= 15 is 0 Å². The van der Waals surface area contributed by atoms with Gasteiger partial charge in [-0.15, -0.1) is 0 Å². The molecule has 0 atom stereocenters. The van der Waals surface area contributed by atoms with Gasteiger partial charge in [0.05, 0.1) is 11.7 Å². The SMILES string of the molecule is CCOCC(=O)NNC(=O)c1cc(Br)ccc1OC(C)C. The summed E-state index contributed by atoms with van der Waals surface area (Å²) in [6.45, 7) is 5.84. The predicted octanol–water partition coefficient (Wildman–Crippen LogP) is 2.03. The number of nitrogens with one attached hydrogen (secondary N) is 2. The molecular formula is C14H19BrN2O4. The predicted molar refractivity (Wildman–Crippen MR) is 82.0 cm³/mol. The molecule has 21 heavy (non-hydrogen) atoms. The minimum absolute atomic E-state index is 0.0646. The smallest absolute Gasteiger partial charge is 0.273 e. The Morgan fingerprint density at radius 2 is 2.00 bits per heavy atom. The van der Waals surface area contributed by atoms with Crippen molar-refractivity contribution in [3.63, 3.8) is 0 Å². The van der Waals surface area contributed by atoms with Crippen molar-refractivity contribution in [1.82, 2.24) is 10.9 Å². The highest BCUT2D eigenvalue weighted by molar-refractivity contribution is 9.10. The molecule has 1 aromatic carbocycles. The fourth-order valence-electron chi connectivity index (χ4n) is 1.46. The zero-order valence-corrected chi connectivity index (χ0v) is 13.8. The summed E-state index contributed by atoms with van der Waals surface area (Å²) in [6.07, 6.45) is -0.0646. The Balaban J connectivity index is 2.72. The zero-order valence-electron chi connectivity index (χ0n) is 12.2. The second-order valence-corrected chi connectivity index (χ2v) is 5.36. The molecule has 2 amide bonds. The molecule has 0 radical (unpaired) electrons. The first-order valence-electron chi connectivity index (χ1n) is 6.57. The second kappa shape index (κ2) is 8.63. The lowest BCUT2D eigenvalue weighted by molar-refractivity contribution is -0.126.